The largest absolute Gasteiger partial charge is 0.486 e. The van der Waals surface area contributed by atoms with Crippen molar-refractivity contribution in [2.24, 2.45) is 5.73 Å². The molecule has 1 aliphatic heterocycles. The summed E-state index contributed by atoms with van der Waals surface area (Å²) in [6, 6.07) is 4.10. The number of aryl methyl sites for hydroxylation is 1. The van der Waals surface area contributed by atoms with Gasteiger partial charge in [0, 0.05) is 18.6 Å². The smallest absolute Gasteiger partial charge is 0.161 e. The maximum absolute atomic E-state index is 5.94. The Morgan fingerprint density at radius 1 is 1.22 bits per heavy atom. The van der Waals surface area contributed by atoms with Gasteiger partial charge >= 0.3 is 0 Å². The number of nitrogens with one attached hydrogen (secondary N) is 1. The fourth-order valence-corrected chi connectivity index (χ4v) is 1.94. The zero-order valence-corrected chi connectivity index (χ0v) is 11.4. The number of benzene rings is 1. The van der Waals surface area contributed by atoms with Crippen LogP contribution in [-0.4, -0.2) is 25.3 Å². The highest BCUT2D eigenvalue weighted by atomic mass is 16.6. The average Bonchev–Trinajstić information content (AvgIpc) is 2.28. The van der Waals surface area contributed by atoms with Crippen molar-refractivity contribution in [2.75, 3.05) is 19.8 Å². The van der Waals surface area contributed by atoms with Crippen molar-refractivity contribution in [3.05, 3.63) is 23.3 Å². The third-order valence-corrected chi connectivity index (χ3v) is 2.90. The number of hydrogen-bond acceptors (Lipinski definition) is 4. The summed E-state index contributed by atoms with van der Waals surface area (Å²) in [6.07, 6.45) is 0. The molecule has 100 valence electrons. The van der Waals surface area contributed by atoms with E-state index < -0.39 is 0 Å². The molecule has 0 amide bonds. The minimum atomic E-state index is -0.193. The van der Waals surface area contributed by atoms with E-state index in [-0.39, 0.29) is 5.54 Å². The van der Waals surface area contributed by atoms with Crippen LogP contribution in [0.25, 0.3) is 0 Å². The Balaban J connectivity index is 2.04. The van der Waals surface area contributed by atoms with Gasteiger partial charge in [-0.05, 0) is 44.0 Å². The van der Waals surface area contributed by atoms with Crippen molar-refractivity contribution in [1.29, 1.82) is 0 Å². The molecule has 0 atom stereocenters. The van der Waals surface area contributed by atoms with E-state index in [0.29, 0.717) is 13.2 Å². The first-order valence-corrected chi connectivity index (χ1v) is 6.34. The third kappa shape index (κ3) is 3.37. The van der Waals surface area contributed by atoms with E-state index in [2.05, 4.69) is 18.3 Å². The molecule has 3 N–H and O–H groups in total. The van der Waals surface area contributed by atoms with Crippen molar-refractivity contribution in [1.82, 2.24) is 5.32 Å². The summed E-state index contributed by atoms with van der Waals surface area (Å²) < 4.78 is 11.1. The molecule has 2 rings (SSSR count). The Bertz CT molecular complexity index is 425. The first kappa shape index (κ1) is 13.2. The lowest BCUT2D eigenvalue weighted by Gasteiger charge is -2.22. The van der Waals surface area contributed by atoms with Gasteiger partial charge in [0.05, 0.1) is 0 Å². The maximum atomic E-state index is 5.94. The Hall–Kier alpha value is -1.26. The monoisotopic (exact) mass is 250 g/mol. The van der Waals surface area contributed by atoms with Gasteiger partial charge in [0.1, 0.15) is 13.2 Å². The second-order valence-corrected chi connectivity index (χ2v) is 5.51. The number of fused-ring (bicyclic) bond motifs is 1. The van der Waals surface area contributed by atoms with Gasteiger partial charge in [0.2, 0.25) is 0 Å². The summed E-state index contributed by atoms with van der Waals surface area (Å²) in [7, 11) is 0. The fourth-order valence-electron chi connectivity index (χ4n) is 1.94. The van der Waals surface area contributed by atoms with Crippen molar-refractivity contribution < 1.29 is 9.47 Å². The number of rotatable bonds is 4. The molecule has 0 bridgehead atoms. The van der Waals surface area contributed by atoms with Gasteiger partial charge in [0.15, 0.2) is 11.5 Å². The normalized spacial score (nSPS) is 14.7. The van der Waals surface area contributed by atoms with Crippen LogP contribution >= 0.6 is 0 Å². The Morgan fingerprint density at radius 2 is 1.83 bits per heavy atom. The quantitative estimate of drug-likeness (QED) is 0.852. The molecule has 0 radical (unpaired) electrons. The second kappa shape index (κ2) is 5.16. The SMILES string of the molecule is Cc1cc2c(cc1CNCC(C)(C)N)OCCO2. The van der Waals surface area contributed by atoms with Gasteiger partial charge in [-0.15, -0.1) is 0 Å². The summed E-state index contributed by atoms with van der Waals surface area (Å²) in [4.78, 5) is 0. The molecular weight excluding hydrogens is 228 g/mol. The molecule has 18 heavy (non-hydrogen) atoms. The molecule has 1 aliphatic rings. The van der Waals surface area contributed by atoms with Crippen molar-refractivity contribution in [3.8, 4) is 11.5 Å². The van der Waals surface area contributed by atoms with Crippen LogP contribution in [0.2, 0.25) is 0 Å². The van der Waals surface area contributed by atoms with E-state index in [0.717, 1.165) is 24.6 Å². The molecule has 0 spiro atoms. The molecule has 1 aromatic rings. The maximum Gasteiger partial charge on any atom is 0.161 e. The van der Waals surface area contributed by atoms with Crippen molar-refractivity contribution in [2.45, 2.75) is 32.9 Å². The van der Waals surface area contributed by atoms with Gasteiger partial charge in [0.25, 0.3) is 0 Å². The Kier molecular flexibility index (Phi) is 3.78. The van der Waals surface area contributed by atoms with E-state index in [1.807, 2.05) is 19.9 Å². The lowest BCUT2D eigenvalue weighted by molar-refractivity contribution is 0.171. The highest BCUT2D eigenvalue weighted by Crippen LogP contribution is 2.32. The number of hydrogen-bond donors (Lipinski definition) is 2. The molecule has 0 unspecified atom stereocenters. The summed E-state index contributed by atoms with van der Waals surface area (Å²) >= 11 is 0. The van der Waals surface area contributed by atoms with E-state index in [4.69, 9.17) is 15.2 Å². The fraction of sp³-hybridized carbons (Fsp3) is 0.571. The van der Waals surface area contributed by atoms with Crippen LogP contribution < -0.4 is 20.5 Å². The van der Waals surface area contributed by atoms with Crippen LogP contribution in [0.15, 0.2) is 12.1 Å². The van der Waals surface area contributed by atoms with Gasteiger partial charge in [-0.1, -0.05) is 0 Å². The molecular formula is C14H22N2O2. The molecule has 1 aromatic carbocycles. The Morgan fingerprint density at radius 3 is 2.44 bits per heavy atom. The van der Waals surface area contributed by atoms with Gasteiger partial charge in [-0.2, -0.15) is 0 Å². The van der Waals surface area contributed by atoms with Crippen LogP contribution in [0.3, 0.4) is 0 Å². The average molecular weight is 250 g/mol. The highest BCUT2D eigenvalue weighted by Gasteiger charge is 2.15. The summed E-state index contributed by atoms with van der Waals surface area (Å²) in [5.41, 5.74) is 8.18. The summed E-state index contributed by atoms with van der Waals surface area (Å²) in [6.45, 7) is 8.93. The number of nitrogens with two attached hydrogens (primary N) is 1. The molecule has 0 saturated heterocycles. The van der Waals surface area contributed by atoms with Crippen LogP contribution in [0, 0.1) is 6.92 Å². The minimum absolute atomic E-state index is 0.193. The van der Waals surface area contributed by atoms with Crippen LogP contribution in [0.5, 0.6) is 11.5 Å². The topological polar surface area (TPSA) is 56.5 Å². The zero-order chi connectivity index (χ0) is 13.2. The van der Waals surface area contributed by atoms with Crippen LogP contribution in [0.4, 0.5) is 0 Å². The van der Waals surface area contributed by atoms with E-state index in [9.17, 15) is 0 Å². The van der Waals surface area contributed by atoms with Crippen LogP contribution in [0.1, 0.15) is 25.0 Å². The lowest BCUT2D eigenvalue weighted by Crippen LogP contribution is -2.42. The van der Waals surface area contributed by atoms with Gasteiger partial charge in [-0.25, -0.2) is 0 Å². The van der Waals surface area contributed by atoms with E-state index in [1.165, 1.54) is 11.1 Å². The minimum Gasteiger partial charge on any atom is -0.486 e. The second-order valence-electron chi connectivity index (χ2n) is 5.51. The molecule has 0 aromatic heterocycles. The predicted molar refractivity (Wildman–Crippen MR) is 72.1 cm³/mol. The van der Waals surface area contributed by atoms with E-state index in [1.54, 1.807) is 0 Å². The molecule has 4 nitrogen and oxygen atoms in total. The zero-order valence-electron chi connectivity index (χ0n) is 11.4. The van der Waals surface area contributed by atoms with E-state index >= 15 is 0 Å². The lowest BCUT2D eigenvalue weighted by atomic mass is 10.1. The third-order valence-electron chi connectivity index (χ3n) is 2.90. The van der Waals surface area contributed by atoms with Crippen LogP contribution in [-0.2, 0) is 6.54 Å². The highest BCUT2D eigenvalue weighted by molar-refractivity contribution is 5.47. The first-order chi connectivity index (χ1) is 8.46. The summed E-state index contributed by atoms with van der Waals surface area (Å²) in [5, 5.41) is 3.37. The molecule has 4 heteroatoms. The molecule has 0 aliphatic carbocycles. The molecule has 0 fully saturated rings. The first-order valence-electron chi connectivity index (χ1n) is 6.34. The number of ether oxygens (including phenoxy) is 2. The molecule has 0 saturated carbocycles. The van der Waals surface area contributed by atoms with Crippen molar-refractivity contribution >= 4 is 0 Å². The van der Waals surface area contributed by atoms with Gasteiger partial charge < -0.3 is 20.5 Å². The summed E-state index contributed by atoms with van der Waals surface area (Å²) in [5.74, 6) is 1.69. The van der Waals surface area contributed by atoms with Crippen molar-refractivity contribution in [3.63, 3.8) is 0 Å². The Labute approximate surface area is 108 Å². The van der Waals surface area contributed by atoms with Gasteiger partial charge in [-0.3, -0.25) is 0 Å². The standard InChI is InChI=1S/C14H22N2O2/c1-10-6-12-13(18-5-4-17-12)7-11(10)8-16-9-14(2,3)15/h6-7,16H,4-5,8-9,15H2,1-3H3. The molecule has 1 heterocycles. The predicted octanol–water partition coefficient (Wildman–Crippen LogP) is 1.59.